The number of Topliss-reactive ketones (excluding diaryl/α,β-unsaturated/α-hetero) is 1. The second-order valence-electron chi connectivity index (χ2n) is 8.25. The number of unbranched alkanes of at least 4 members (excludes halogenated alkanes) is 9. The fraction of sp³-hybridized carbons (Fsp3) is 0.481. The molecule has 2 aromatic carbocycles. The maximum atomic E-state index is 12.6. The molecule has 0 spiro atoms. The molecule has 0 aliphatic rings. The molecule has 0 fully saturated rings. The van der Waals surface area contributed by atoms with Crippen molar-refractivity contribution in [1.82, 2.24) is 0 Å². The molecule has 1 amide bonds. The number of nitrogens with one attached hydrogen (secondary N) is 1. The minimum atomic E-state index is -1.35. The van der Waals surface area contributed by atoms with E-state index in [9.17, 15) is 9.59 Å². The third-order valence-electron chi connectivity index (χ3n) is 5.47. The number of amides is 1. The fourth-order valence-corrected chi connectivity index (χ4v) is 3.91. The maximum absolute atomic E-state index is 12.6. The van der Waals surface area contributed by atoms with Crippen LogP contribution >= 0.6 is 23.2 Å². The summed E-state index contributed by atoms with van der Waals surface area (Å²) in [4.78, 5) is 25.1. The van der Waals surface area contributed by atoms with Gasteiger partial charge in [0.1, 0.15) is 5.75 Å². The lowest BCUT2D eigenvalue weighted by Crippen LogP contribution is -2.30. The molecular formula is C27H35Cl2NO3. The van der Waals surface area contributed by atoms with Crippen molar-refractivity contribution in [3.05, 3.63) is 59.1 Å². The van der Waals surface area contributed by atoms with Crippen molar-refractivity contribution in [1.29, 1.82) is 0 Å². The Morgan fingerprint density at radius 2 is 1.48 bits per heavy atom. The standard InChI is InChI=1S/C27H35Cl2NO3/c1-2-3-4-5-6-7-8-9-10-14-19-33-24-18-17-22(28)20-23(24)30-27(32)25(29)26(31)21-15-12-11-13-16-21/h11-13,15-18,20,25H,2-10,14,19H2,1H3,(H,30,32). The number of halogens is 2. The summed E-state index contributed by atoms with van der Waals surface area (Å²) in [5.74, 6) is -0.555. The molecule has 0 radical (unpaired) electrons. The third kappa shape index (κ3) is 10.2. The average Bonchev–Trinajstić information content (AvgIpc) is 2.83. The first-order valence-electron chi connectivity index (χ1n) is 12.0. The molecule has 0 heterocycles. The normalized spacial score (nSPS) is 11.7. The van der Waals surface area contributed by atoms with E-state index in [1.165, 1.54) is 51.4 Å². The van der Waals surface area contributed by atoms with Crippen LogP contribution in [0.5, 0.6) is 5.75 Å². The smallest absolute Gasteiger partial charge is 0.250 e. The van der Waals surface area contributed by atoms with Gasteiger partial charge in [-0.25, -0.2) is 0 Å². The Bertz CT molecular complexity index is 858. The molecule has 2 aromatic rings. The lowest BCUT2D eigenvalue weighted by Gasteiger charge is -2.15. The summed E-state index contributed by atoms with van der Waals surface area (Å²) in [7, 11) is 0. The Balaban J connectivity index is 1.77. The summed E-state index contributed by atoms with van der Waals surface area (Å²) < 4.78 is 5.89. The minimum Gasteiger partial charge on any atom is -0.491 e. The molecule has 1 N–H and O–H groups in total. The second-order valence-corrected chi connectivity index (χ2v) is 9.13. The zero-order valence-electron chi connectivity index (χ0n) is 19.5. The van der Waals surface area contributed by atoms with Gasteiger partial charge in [-0.05, 0) is 24.6 Å². The predicted molar refractivity (Wildman–Crippen MR) is 138 cm³/mol. The van der Waals surface area contributed by atoms with Crippen molar-refractivity contribution >= 4 is 40.6 Å². The maximum Gasteiger partial charge on any atom is 0.250 e. The largest absolute Gasteiger partial charge is 0.491 e. The molecule has 33 heavy (non-hydrogen) atoms. The summed E-state index contributed by atoms with van der Waals surface area (Å²) >= 11 is 12.2. The number of carbonyl (C=O) groups is 2. The number of carbonyl (C=O) groups excluding carboxylic acids is 2. The van der Waals surface area contributed by atoms with E-state index in [4.69, 9.17) is 27.9 Å². The van der Waals surface area contributed by atoms with Gasteiger partial charge in [0.25, 0.3) is 5.91 Å². The average molecular weight is 492 g/mol. The van der Waals surface area contributed by atoms with Crippen LogP contribution < -0.4 is 10.1 Å². The summed E-state index contributed by atoms with van der Waals surface area (Å²) in [5, 5.41) is 1.80. The molecule has 0 saturated carbocycles. The summed E-state index contributed by atoms with van der Waals surface area (Å²) in [6.45, 7) is 2.79. The molecule has 4 nitrogen and oxygen atoms in total. The first-order valence-corrected chi connectivity index (χ1v) is 12.8. The lowest BCUT2D eigenvalue weighted by molar-refractivity contribution is -0.115. The van der Waals surface area contributed by atoms with Crippen molar-refractivity contribution in [3.8, 4) is 5.75 Å². The molecule has 0 aromatic heterocycles. The van der Waals surface area contributed by atoms with E-state index in [0.29, 0.717) is 28.6 Å². The van der Waals surface area contributed by atoms with E-state index in [2.05, 4.69) is 12.2 Å². The van der Waals surface area contributed by atoms with Crippen LogP contribution in [0.2, 0.25) is 5.02 Å². The number of rotatable bonds is 16. The van der Waals surface area contributed by atoms with Gasteiger partial charge in [-0.3, -0.25) is 9.59 Å². The highest BCUT2D eigenvalue weighted by Gasteiger charge is 2.26. The number of hydrogen-bond acceptors (Lipinski definition) is 3. The molecule has 1 unspecified atom stereocenters. The molecular weight excluding hydrogens is 457 g/mol. The van der Waals surface area contributed by atoms with Crippen LogP contribution in [-0.4, -0.2) is 23.7 Å². The summed E-state index contributed by atoms with van der Waals surface area (Å²) in [5.41, 5.74) is 0.794. The van der Waals surface area contributed by atoms with Crippen molar-refractivity contribution in [2.45, 2.75) is 76.5 Å². The molecule has 2 rings (SSSR count). The van der Waals surface area contributed by atoms with E-state index in [1.54, 1.807) is 48.5 Å². The molecule has 0 aliphatic heterocycles. The van der Waals surface area contributed by atoms with E-state index in [0.717, 1.165) is 12.8 Å². The third-order valence-corrected chi connectivity index (χ3v) is 6.11. The first kappa shape index (κ1) is 27.2. The molecule has 180 valence electrons. The van der Waals surface area contributed by atoms with Gasteiger partial charge in [-0.2, -0.15) is 0 Å². The van der Waals surface area contributed by atoms with Crippen molar-refractivity contribution < 1.29 is 14.3 Å². The Morgan fingerprint density at radius 3 is 2.12 bits per heavy atom. The molecule has 6 heteroatoms. The van der Waals surface area contributed by atoms with Crippen molar-refractivity contribution in [2.75, 3.05) is 11.9 Å². The SMILES string of the molecule is CCCCCCCCCCCCOc1ccc(Cl)cc1NC(=O)C(Cl)C(=O)c1ccccc1. The molecule has 0 bridgehead atoms. The van der Waals surface area contributed by atoms with Gasteiger partial charge in [0.2, 0.25) is 0 Å². The number of alkyl halides is 1. The highest BCUT2D eigenvalue weighted by molar-refractivity contribution is 6.45. The number of ether oxygens (including phenoxy) is 1. The Hall–Kier alpha value is -2.04. The van der Waals surface area contributed by atoms with Crippen LogP contribution in [0, 0.1) is 0 Å². The zero-order valence-corrected chi connectivity index (χ0v) is 21.0. The number of anilines is 1. The number of benzene rings is 2. The number of ketones is 1. The first-order chi connectivity index (χ1) is 16.0. The Labute approximate surface area is 208 Å². The zero-order chi connectivity index (χ0) is 23.9. The van der Waals surface area contributed by atoms with Crippen LogP contribution in [0.3, 0.4) is 0 Å². The molecule has 1 atom stereocenters. The monoisotopic (exact) mass is 491 g/mol. The van der Waals surface area contributed by atoms with Crippen LogP contribution in [-0.2, 0) is 4.79 Å². The second kappa shape index (κ2) is 15.7. The van der Waals surface area contributed by atoms with Crippen LogP contribution in [0.1, 0.15) is 81.5 Å². The molecule has 0 aliphatic carbocycles. The van der Waals surface area contributed by atoms with Gasteiger partial charge in [-0.15, -0.1) is 11.6 Å². The van der Waals surface area contributed by atoms with E-state index in [-0.39, 0.29) is 0 Å². The van der Waals surface area contributed by atoms with Crippen molar-refractivity contribution in [3.63, 3.8) is 0 Å². The quantitative estimate of drug-likeness (QED) is 0.112. The van der Waals surface area contributed by atoms with Gasteiger partial charge in [0.05, 0.1) is 12.3 Å². The van der Waals surface area contributed by atoms with Crippen molar-refractivity contribution in [2.24, 2.45) is 0 Å². The Kier molecular flexibility index (Phi) is 13.0. The van der Waals surface area contributed by atoms with Crippen LogP contribution in [0.25, 0.3) is 0 Å². The van der Waals surface area contributed by atoms with Gasteiger partial charge in [0.15, 0.2) is 11.2 Å². The van der Waals surface area contributed by atoms with E-state index in [1.807, 2.05) is 0 Å². The van der Waals surface area contributed by atoms with E-state index >= 15 is 0 Å². The summed E-state index contributed by atoms with van der Waals surface area (Å²) in [6.07, 6.45) is 12.5. The fourth-order valence-electron chi connectivity index (χ4n) is 3.56. The topological polar surface area (TPSA) is 55.4 Å². The van der Waals surface area contributed by atoms with Gasteiger partial charge >= 0.3 is 0 Å². The number of hydrogen-bond donors (Lipinski definition) is 1. The van der Waals surface area contributed by atoms with Gasteiger partial charge in [-0.1, -0.05) is 107 Å². The van der Waals surface area contributed by atoms with Gasteiger partial charge < -0.3 is 10.1 Å². The summed E-state index contributed by atoms with van der Waals surface area (Å²) in [6, 6.07) is 13.5. The Morgan fingerprint density at radius 1 is 0.879 bits per heavy atom. The highest BCUT2D eigenvalue weighted by atomic mass is 35.5. The van der Waals surface area contributed by atoms with Crippen LogP contribution in [0.4, 0.5) is 5.69 Å². The lowest BCUT2D eigenvalue weighted by atomic mass is 10.1. The molecule has 0 saturated heterocycles. The van der Waals surface area contributed by atoms with Crippen LogP contribution in [0.15, 0.2) is 48.5 Å². The van der Waals surface area contributed by atoms with E-state index < -0.39 is 17.1 Å². The predicted octanol–water partition coefficient (Wildman–Crippen LogP) is 8.07. The minimum absolute atomic E-state index is 0.385. The van der Waals surface area contributed by atoms with Gasteiger partial charge in [0, 0.05) is 10.6 Å². The highest BCUT2D eigenvalue weighted by Crippen LogP contribution is 2.29.